The second-order valence-electron chi connectivity index (χ2n) is 21.4. The lowest BCUT2D eigenvalue weighted by atomic mass is 10.0. The van der Waals surface area contributed by atoms with Gasteiger partial charge in [-0.25, -0.2) is 4.79 Å². The van der Waals surface area contributed by atoms with Gasteiger partial charge in [0.05, 0.1) is 18.6 Å². The number of aliphatic hydroxyl groups excluding tert-OH is 1. The van der Waals surface area contributed by atoms with Crippen molar-refractivity contribution in [2.75, 3.05) is 24.6 Å². The number of thiol groups is 2. The molecular weight excluding hydrogens is 1190 g/mol. The summed E-state index contributed by atoms with van der Waals surface area (Å²) in [6, 6.07) is -2.38. The number of rotatable bonds is 37. The Morgan fingerprint density at radius 2 is 1.06 bits per heavy atom. The average Bonchev–Trinajstić information content (AvgIpc) is 2.33. The Morgan fingerprint density at radius 1 is 0.568 bits per heavy atom. The fraction of sp³-hybridized carbons (Fsp3) is 0.554. The normalized spacial score (nSPS) is 16.6. The van der Waals surface area contributed by atoms with E-state index in [2.05, 4.69) is 73.1 Å². The third kappa shape index (κ3) is 24.2. The van der Waals surface area contributed by atoms with Gasteiger partial charge in [0.15, 0.2) is 0 Å². The Hall–Kier alpha value is -8.07. The minimum atomic E-state index is -1.88. The molecule has 0 aliphatic carbocycles. The number of unbranched alkanes of at least 4 members (excludes halogenated alkanes) is 1. The number of likely N-dealkylation sites (tertiary alicyclic amines) is 1. The number of amides is 10. The first kappa shape index (κ1) is 74.2. The highest BCUT2D eigenvalue weighted by Crippen LogP contribution is 2.21. The van der Waals surface area contributed by atoms with Crippen molar-refractivity contribution in [3.63, 3.8) is 0 Å². The van der Waals surface area contributed by atoms with Crippen LogP contribution in [-0.4, -0.2) is 205 Å². The van der Waals surface area contributed by atoms with E-state index < -0.39 is 174 Å². The van der Waals surface area contributed by atoms with Crippen LogP contribution in [0.5, 0.6) is 5.75 Å². The standard InChI is InChI=1S/C56H82N12O18S2/c1-28(2)44(56(85)86)66-53(82)40(27-88)65-50(79)37(24-32-15-17-33(70)18-16-32)61-48(77)35(13-8-9-21-57)60-46(75)29(3)59-49(78)36(23-31-11-6-5-7-12-31)62-52(81)39(26-87)64-51(80)38(25-43(73)74)63-54(83)41-14-10-22-68(41)55(84)45(30(4)69)67-47(76)34(58)19-20-42(71)72/h5-7,11-12,15-18,28-30,34-41,44-45,69-70,87-88H,8-10,13-14,19-27,57-58H2,1-4H3,(H,59,78)(H,60,75)(H,61,77)(H,62,81)(H,63,83)(H,64,80)(H,65,79)(H,66,82)(H,67,76)(H,71,72)(H,73,74)(H,85,86)/t29-,30+,34-,35-,36-,37-,38-,39-,40-,41+,44-,45-/m0/s1. The third-order valence-corrected chi connectivity index (χ3v) is 14.8. The largest absolute Gasteiger partial charge is 0.508 e. The van der Waals surface area contributed by atoms with Gasteiger partial charge < -0.3 is 89.8 Å². The molecule has 10 amide bonds. The zero-order valence-corrected chi connectivity index (χ0v) is 50.9. The molecule has 1 fully saturated rings. The number of hydrogen-bond acceptors (Lipinski definition) is 19. The summed E-state index contributed by atoms with van der Waals surface area (Å²) in [5.41, 5.74) is 12.5. The van der Waals surface area contributed by atoms with Crippen molar-refractivity contribution in [1.82, 2.24) is 52.8 Å². The minimum Gasteiger partial charge on any atom is -0.508 e. The molecular formula is C56H82N12O18S2. The molecule has 486 valence electrons. The van der Waals surface area contributed by atoms with E-state index in [-0.39, 0.29) is 69.5 Å². The number of aliphatic hydroxyl groups is 1. The molecule has 1 heterocycles. The average molecular weight is 1280 g/mol. The Balaban J connectivity index is 1.83. The first-order valence-corrected chi connectivity index (χ1v) is 29.7. The van der Waals surface area contributed by atoms with E-state index in [1.165, 1.54) is 38.1 Å². The first-order chi connectivity index (χ1) is 41.5. The maximum atomic E-state index is 14.2. The minimum absolute atomic E-state index is 0.000499. The van der Waals surface area contributed by atoms with Crippen molar-refractivity contribution < 1.29 is 87.9 Å². The molecule has 0 spiro atoms. The zero-order valence-electron chi connectivity index (χ0n) is 49.1. The summed E-state index contributed by atoms with van der Waals surface area (Å²) in [7, 11) is 0. The summed E-state index contributed by atoms with van der Waals surface area (Å²) in [5, 5.41) is 70.9. The molecule has 0 saturated carbocycles. The van der Waals surface area contributed by atoms with Crippen LogP contribution in [0.4, 0.5) is 0 Å². The molecule has 3 rings (SSSR count). The van der Waals surface area contributed by atoms with Gasteiger partial charge in [0.25, 0.3) is 0 Å². The van der Waals surface area contributed by atoms with Crippen LogP contribution in [0.3, 0.4) is 0 Å². The predicted octanol–water partition coefficient (Wildman–Crippen LogP) is -3.67. The summed E-state index contributed by atoms with van der Waals surface area (Å²) < 4.78 is 0. The Morgan fingerprint density at radius 3 is 1.57 bits per heavy atom. The smallest absolute Gasteiger partial charge is 0.326 e. The number of carboxylic acid groups (broad SMARTS) is 3. The van der Waals surface area contributed by atoms with Crippen LogP contribution >= 0.6 is 25.3 Å². The highest BCUT2D eigenvalue weighted by molar-refractivity contribution is 7.80. The van der Waals surface area contributed by atoms with Crippen LogP contribution in [-0.2, 0) is 75.2 Å². The molecule has 0 bridgehead atoms. The first-order valence-electron chi connectivity index (χ1n) is 28.4. The third-order valence-electron chi connectivity index (χ3n) is 14.0. The summed E-state index contributed by atoms with van der Waals surface area (Å²) >= 11 is 8.40. The van der Waals surface area contributed by atoms with Gasteiger partial charge in [-0.2, -0.15) is 25.3 Å². The maximum absolute atomic E-state index is 14.2. The van der Waals surface area contributed by atoms with Gasteiger partial charge in [-0.05, 0) is 88.1 Å². The molecule has 1 aliphatic heterocycles. The Bertz CT molecular complexity index is 2760. The summed E-state index contributed by atoms with van der Waals surface area (Å²) in [6.45, 7) is 5.74. The quantitative estimate of drug-likeness (QED) is 0.0229. The van der Waals surface area contributed by atoms with Gasteiger partial charge >= 0.3 is 17.9 Å². The lowest BCUT2D eigenvalue weighted by Crippen LogP contribution is -2.61. The molecule has 88 heavy (non-hydrogen) atoms. The lowest BCUT2D eigenvalue weighted by molar-refractivity contribution is -0.145. The number of phenolic OH excluding ortho intramolecular Hbond substituents is 1. The van der Waals surface area contributed by atoms with Crippen molar-refractivity contribution >= 4 is 102 Å². The number of nitrogens with two attached hydrogens (primary N) is 2. The van der Waals surface area contributed by atoms with E-state index in [9.17, 15) is 82.8 Å². The number of aliphatic carboxylic acids is 3. The van der Waals surface area contributed by atoms with Crippen molar-refractivity contribution in [3.8, 4) is 5.75 Å². The number of carbonyl (C=O) groups is 13. The number of benzene rings is 2. The van der Waals surface area contributed by atoms with Crippen molar-refractivity contribution in [3.05, 3.63) is 65.7 Å². The van der Waals surface area contributed by atoms with Gasteiger partial charge in [-0.1, -0.05) is 56.3 Å². The summed E-state index contributed by atoms with van der Waals surface area (Å²) in [5.74, 6) is -15.1. The second kappa shape index (κ2) is 36.9. The lowest BCUT2D eigenvalue weighted by Gasteiger charge is -2.31. The van der Waals surface area contributed by atoms with Crippen LogP contribution in [0.1, 0.15) is 90.2 Å². The maximum Gasteiger partial charge on any atom is 0.326 e. The fourth-order valence-electron chi connectivity index (χ4n) is 9.01. The number of hydrogen-bond donors (Lipinski definition) is 18. The number of aromatic hydroxyl groups is 1. The Labute approximate surface area is 518 Å². The van der Waals surface area contributed by atoms with Crippen LogP contribution in [0.15, 0.2) is 54.6 Å². The van der Waals surface area contributed by atoms with Crippen LogP contribution < -0.4 is 59.3 Å². The SMILES string of the molecule is CC(C)[C@H](NC(=O)[C@H](CS)NC(=O)[C@H](Cc1ccc(O)cc1)NC(=O)[C@H](CCCCN)NC(=O)[C@H](C)NC(=O)[C@H](Cc1ccccc1)NC(=O)[C@H](CS)NC(=O)[C@H](CC(=O)O)NC(=O)[C@H]1CCCN1C(=O)[C@@H](NC(=O)[C@@H](N)CCC(=O)O)[C@@H](C)O)C(=O)O. The van der Waals surface area contributed by atoms with Gasteiger partial charge in [-0.3, -0.25) is 57.5 Å². The van der Waals surface area contributed by atoms with E-state index in [0.29, 0.717) is 17.5 Å². The van der Waals surface area contributed by atoms with Gasteiger partial charge in [0.2, 0.25) is 59.1 Å². The number of carbonyl (C=O) groups excluding carboxylic acids is 10. The predicted molar refractivity (Wildman–Crippen MR) is 322 cm³/mol. The number of phenols is 1. The molecule has 30 nitrogen and oxygen atoms in total. The second-order valence-corrected chi connectivity index (χ2v) is 22.2. The zero-order chi connectivity index (χ0) is 65.9. The van der Waals surface area contributed by atoms with Crippen LogP contribution in [0.25, 0.3) is 0 Å². The number of nitrogens with one attached hydrogen (secondary N) is 9. The van der Waals surface area contributed by atoms with Crippen molar-refractivity contribution in [2.24, 2.45) is 17.4 Å². The molecule has 1 aliphatic rings. The number of nitrogens with zero attached hydrogens (tertiary/aromatic N) is 1. The highest BCUT2D eigenvalue weighted by atomic mass is 32.1. The van der Waals surface area contributed by atoms with Crippen LogP contribution in [0.2, 0.25) is 0 Å². The van der Waals surface area contributed by atoms with Gasteiger partial charge in [0, 0.05) is 37.3 Å². The fourth-order valence-corrected chi connectivity index (χ4v) is 9.53. The summed E-state index contributed by atoms with van der Waals surface area (Å²) in [4.78, 5) is 174. The highest BCUT2D eigenvalue weighted by Gasteiger charge is 2.42. The van der Waals surface area contributed by atoms with E-state index >= 15 is 0 Å². The molecule has 12 atom stereocenters. The van der Waals surface area contributed by atoms with Gasteiger partial charge in [-0.15, -0.1) is 0 Å². The van der Waals surface area contributed by atoms with Crippen LogP contribution in [0, 0.1) is 5.92 Å². The van der Waals surface area contributed by atoms with Gasteiger partial charge in [0.1, 0.15) is 66.2 Å². The van der Waals surface area contributed by atoms with Crippen molar-refractivity contribution in [2.45, 2.75) is 164 Å². The molecule has 2 aromatic rings. The number of carboxylic acids is 3. The molecule has 0 aromatic heterocycles. The summed E-state index contributed by atoms with van der Waals surface area (Å²) in [6.07, 6.45) is -2.86. The van der Waals surface area contributed by atoms with E-state index in [4.69, 9.17) is 16.6 Å². The van der Waals surface area contributed by atoms with E-state index in [1.807, 2.05) is 0 Å². The molecule has 2 aromatic carbocycles. The molecule has 1 saturated heterocycles. The van der Waals surface area contributed by atoms with E-state index in [1.54, 1.807) is 44.2 Å². The molecule has 0 radical (unpaired) electrons. The monoisotopic (exact) mass is 1270 g/mol. The molecule has 32 heteroatoms. The Kier molecular flexibility index (Phi) is 31.1. The topological polar surface area (TPSA) is 487 Å². The molecule has 18 N–H and O–H groups in total. The van der Waals surface area contributed by atoms with Crippen molar-refractivity contribution in [1.29, 1.82) is 0 Å². The van der Waals surface area contributed by atoms with E-state index in [0.717, 1.165) is 4.90 Å². The molecule has 0 unspecified atom stereocenters.